The minimum atomic E-state index is -3.73. The van der Waals surface area contributed by atoms with E-state index in [1.807, 2.05) is 0 Å². The van der Waals surface area contributed by atoms with Crippen LogP contribution >= 0.6 is 0 Å². The lowest BCUT2D eigenvalue weighted by atomic mass is 10.1. The number of nitrogens with two attached hydrogens (primary N) is 1. The molecule has 0 aromatic carbocycles. The van der Waals surface area contributed by atoms with Crippen LogP contribution in [-0.2, 0) is 17.1 Å². The molecule has 1 aliphatic heterocycles. The summed E-state index contributed by atoms with van der Waals surface area (Å²) in [6.45, 7) is 0.703. The molecule has 0 spiro atoms. The van der Waals surface area contributed by atoms with Gasteiger partial charge in [0.2, 0.25) is 10.0 Å². The lowest BCUT2D eigenvalue weighted by molar-refractivity contribution is 0.315. The average molecular weight is 271 g/mol. The summed E-state index contributed by atoms with van der Waals surface area (Å²) in [5.74, 6) is 0. The molecule has 1 aliphatic rings. The van der Waals surface area contributed by atoms with Gasteiger partial charge >= 0.3 is 0 Å². The normalized spacial score (nSPS) is 22.0. The van der Waals surface area contributed by atoms with Gasteiger partial charge in [-0.1, -0.05) is 0 Å². The summed E-state index contributed by atoms with van der Waals surface area (Å²) >= 11 is 0. The second-order valence-electron chi connectivity index (χ2n) is 4.55. The van der Waals surface area contributed by atoms with E-state index in [4.69, 9.17) is 5.73 Å². The molecule has 0 aliphatic carbocycles. The van der Waals surface area contributed by atoms with Crippen LogP contribution in [0.25, 0.3) is 0 Å². The summed E-state index contributed by atoms with van der Waals surface area (Å²) in [6, 6.07) is 2.75. The van der Waals surface area contributed by atoms with Crippen LogP contribution in [-0.4, -0.2) is 36.4 Å². The molecular weight excluding hydrogens is 254 g/mol. The van der Waals surface area contributed by atoms with E-state index >= 15 is 0 Å². The summed E-state index contributed by atoms with van der Waals surface area (Å²) in [5.41, 5.74) is 5.28. The Morgan fingerprint density at radius 2 is 2.17 bits per heavy atom. The van der Waals surface area contributed by atoms with Crippen molar-refractivity contribution in [3.05, 3.63) is 28.7 Å². The van der Waals surface area contributed by atoms with Gasteiger partial charge in [-0.3, -0.25) is 4.79 Å². The maximum atomic E-state index is 12.4. The molecule has 0 amide bonds. The van der Waals surface area contributed by atoms with Crippen molar-refractivity contribution in [1.29, 1.82) is 0 Å². The second kappa shape index (κ2) is 4.83. The van der Waals surface area contributed by atoms with Crippen molar-refractivity contribution in [3.8, 4) is 0 Å². The summed E-state index contributed by atoms with van der Waals surface area (Å²) < 4.78 is 27.3. The van der Waals surface area contributed by atoms with Gasteiger partial charge in [0.1, 0.15) is 4.90 Å². The van der Waals surface area contributed by atoms with E-state index in [1.54, 1.807) is 6.07 Å². The minimum absolute atomic E-state index is 0.152. The van der Waals surface area contributed by atoms with Gasteiger partial charge in [-0.25, -0.2) is 8.42 Å². The number of nitrogens with zero attached hydrogens (tertiary/aromatic N) is 2. The molecule has 2 heterocycles. The average Bonchev–Trinajstić information content (AvgIpc) is 2.32. The quantitative estimate of drug-likeness (QED) is 0.785. The predicted molar refractivity (Wildman–Crippen MR) is 67.7 cm³/mol. The third kappa shape index (κ3) is 2.33. The molecule has 1 fully saturated rings. The monoisotopic (exact) mass is 271 g/mol. The van der Waals surface area contributed by atoms with E-state index in [2.05, 4.69) is 0 Å². The van der Waals surface area contributed by atoms with Crippen molar-refractivity contribution in [1.82, 2.24) is 8.87 Å². The highest BCUT2D eigenvalue weighted by Crippen LogP contribution is 2.17. The smallest absolute Gasteiger partial charge is 0.270 e. The standard InChI is InChI=1S/C11H17N3O3S/c1-13-6-3-5-10(11(13)15)18(16,17)14-7-2-4-9(12)8-14/h3,5-6,9H,2,4,7-8,12H2,1H3. The fraction of sp³-hybridized carbons (Fsp3) is 0.545. The first-order valence-electron chi connectivity index (χ1n) is 5.84. The molecule has 1 saturated heterocycles. The summed E-state index contributed by atoms with van der Waals surface area (Å²) in [6.07, 6.45) is 3.08. The molecule has 6 nitrogen and oxygen atoms in total. The molecule has 1 aromatic heterocycles. The van der Waals surface area contributed by atoms with Crippen LogP contribution in [0.5, 0.6) is 0 Å². The van der Waals surface area contributed by atoms with Crippen molar-refractivity contribution in [2.75, 3.05) is 13.1 Å². The molecular formula is C11H17N3O3S. The molecule has 18 heavy (non-hydrogen) atoms. The van der Waals surface area contributed by atoms with Crippen molar-refractivity contribution < 1.29 is 8.42 Å². The SMILES string of the molecule is Cn1cccc(S(=O)(=O)N2CCCC(N)C2)c1=O. The van der Waals surface area contributed by atoms with Crippen LogP contribution in [0.4, 0.5) is 0 Å². The largest absolute Gasteiger partial charge is 0.327 e. The molecule has 2 rings (SSSR count). The number of aryl methyl sites for hydroxylation is 1. The Morgan fingerprint density at radius 3 is 2.83 bits per heavy atom. The third-order valence-corrected chi connectivity index (χ3v) is 5.00. The van der Waals surface area contributed by atoms with E-state index in [1.165, 1.54) is 28.2 Å². The van der Waals surface area contributed by atoms with Gasteiger partial charge in [-0.15, -0.1) is 0 Å². The van der Waals surface area contributed by atoms with E-state index in [0.717, 1.165) is 12.8 Å². The Bertz CT molecular complexity index is 594. The lowest BCUT2D eigenvalue weighted by Gasteiger charge is -2.29. The summed E-state index contributed by atoms with van der Waals surface area (Å²) in [7, 11) is -2.20. The first-order chi connectivity index (χ1) is 8.43. The van der Waals surface area contributed by atoms with E-state index in [0.29, 0.717) is 6.54 Å². The Kier molecular flexibility index (Phi) is 3.56. The number of aromatic nitrogens is 1. The zero-order valence-electron chi connectivity index (χ0n) is 10.2. The van der Waals surface area contributed by atoms with Crippen molar-refractivity contribution in [2.24, 2.45) is 12.8 Å². The van der Waals surface area contributed by atoms with E-state index in [-0.39, 0.29) is 17.5 Å². The fourth-order valence-corrected chi connectivity index (χ4v) is 3.75. The van der Waals surface area contributed by atoms with Gasteiger partial charge < -0.3 is 10.3 Å². The fourth-order valence-electron chi connectivity index (χ4n) is 2.10. The van der Waals surface area contributed by atoms with Gasteiger partial charge in [0.25, 0.3) is 5.56 Å². The van der Waals surface area contributed by atoms with Crippen LogP contribution in [0.3, 0.4) is 0 Å². The molecule has 7 heteroatoms. The molecule has 1 aromatic rings. The zero-order valence-corrected chi connectivity index (χ0v) is 11.1. The summed E-state index contributed by atoms with van der Waals surface area (Å²) in [5, 5.41) is 0. The molecule has 2 N–H and O–H groups in total. The summed E-state index contributed by atoms with van der Waals surface area (Å²) in [4.78, 5) is 11.7. The van der Waals surface area contributed by atoms with Crippen LogP contribution in [0, 0.1) is 0 Å². The first-order valence-corrected chi connectivity index (χ1v) is 7.28. The molecule has 1 atom stereocenters. The van der Waals surface area contributed by atoms with Crippen LogP contribution in [0.1, 0.15) is 12.8 Å². The molecule has 1 unspecified atom stereocenters. The highest BCUT2D eigenvalue weighted by atomic mass is 32.2. The second-order valence-corrected chi connectivity index (χ2v) is 6.46. The Labute approximate surface area is 106 Å². The molecule has 100 valence electrons. The van der Waals surface area contributed by atoms with Gasteiger partial charge in [0, 0.05) is 32.4 Å². The van der Waals surface area contributed by atoms with Gasteiger partial charge in [-0.2, -0.15) is 4.31 Å². The number of pyridine rings is 1. The van der Waals surface area contributed by atoms with Crippen LogP contribution in [0.2, 0.25) is 0 Å². The number of hydrogen-bond acceptors (Lipinski definition) is 4. The van der Waals surface area contributed by atoms with Gasteiger partial charge in [-0.05, 0) is 25.0 Å². The Balaban J connectivity index is 2.42. The van der Waals surface area contributed by atoms with Crippen molar-refractivity contribution in [2.45, 2.75) is 23.8 Å². The molecule has 0 bridgehead atoms. The minimum Gasteiger partial charge on any atom is -0.327 e. The highest BCUT2D eigenvalue weighted by molar-refractivity contribution is 7.89. The first kappa shape index (κ1) is 13.3. The van der Waals surface area contributed by atoms with Crippen molar-refractivity contribution >= 4 is 10.0 Å². The maximum absolute atomic E-state index is 12.4. The third-order valence-electron chi connectivity index (χ3n) is 3.13. The van der Waals surface area contributed by atoms with Gasteiger partial charge in [0.05, 0.1) is 0 Å². The Morgan fingerprint density at radius 1 is 1.44 bits per heavy atom. The number of piperidine rings is 1. The topological polar surface area (TPSA) is 85.4 Å². The number of rotatable bonds is 2. The maximum Gasteiger partial charge on any atom is 0.270 e. The zero-order chi connectivity index (χ0) is 13.3. The molecule has 0 saturated carbocycles. The highest BCUT2D eigenvalue weighted by Gasteiger charge is 2.30. The van der Waals surface area contributed by atoms with Crippen LogP contribution < -0.4 is 11.3 Å². The number of sulfonamides is 1. The Hall–Kier alpha value is -1.18. The van der Waals surface area contributed by atoms with E-state index in [9.17, 15) is 13.2 Å². The van der Waals surface area contributed by atoms with E-state index < -0.39 is 15.6 Å². The van der Waals surface area contributed by atoms with Gasteiger partial charge in [0.15, 0.2) is 0 Å². The van der Waals surface area contributed by atoms with Crippen molar-refractivity contribution in [3.63, 3.8) is 0 Å². The lowest BCUT2D eigenvalue weighted by Crippen LogP contribution is -2.46. The predicted octanol–water partition coefficient (Wildman–Crippen LogP) is -0.503. The van der Waals surface area contributed by atoms with Crippen LogP contribution in [0.15, 0.2) is 28.0 Å². The molecule has 0 radical (unpaired) electrons. The number of hydrogen-bond donors (Lipinski definition) is 1.